The Bertz CT molecular complexity index is 2970. The molecule has 3 unspecified atom stereocenters. The van der Waals surface area contributed by atoms with Crippen LogP contribution < -0.4 is 53.6 Å². The van der Waals surface area contributed by atoms with Gasteiger partial charge in [0.25, 0.3) is 0 Å². The number of amides is 9. The fourth-order valence-electron chi connectivity index (χ4n) is 14.2. The number of nitrogens with one attached hydrogen (secondary N) is 9. The van der Waals surface area contributed by atoms with Crippen molar-refractivity contribution in [2.75, 3.05) is 185 Å². The summed E-state index contributed by atoms with van der Waals surface area (Å²) in [6, 6.07) is -6.84. The van der Waals surface area contributed by atoms with E-state index in [9.17, 15) is 89.1 Å². The summed E-state index contributed by atoms with van der Waals surface area (Å²) in [7, 11) is 0. The van der Waals surface area contributed by atoms with Gasteiger partial charge in [-0.1, -0.05) is 90.4 Å². The normalized spacial score (nSPS) is 23.6. The predicted octanol–water partition coefficient (Wildman–Crippen LogP) is -3.45. The Balaban J connectivity index is 1.34. The van der Waals surface area contributed by atoms with Crippen LogP contribution in [0.3, 0.4) is 0 Å². The lowest BCUT2D eigenvalue weighted by Gasteiger charge is -2.42. The minimum atomic E-state index is -1.48. The van der Waals surface area contributed by atoms with Gasteiger partial charge in [0, 0.05) is 46.4 Å². The zero-order valence-electron chi connectivity index (χ0n) is 75.6. The summed E-state index contributed by atoms with van der Waals surface area (Å²) >= 11 is 0. The number of aliphatic hydroxyl groups is 9. The number of aliphatic hydroxyl groups excluding tert-OH is 9. The molecule has 3 heterocycles. The van der Waals surface area contributed by atoms with Gasteiger partial charge in [0.15, 0.2) is 18.9 Å². The zero-order chi connectivity index (χ0) is 93.3. The largest absolute Gasteiger partial charge is 0.394 e. The van der Waals surface area contributed by atoms with E-state index >= 15 is 0 Å². The van der Waals surface area contributed by atoms with E-state index in [2.05, 4.69) is 54.8 Å². The Morgan fingerprint density at radius 2 is 0.672 bits per heavy atom. The molecular weight excluding hydrogens is 1690 g/mol. The lowest BCUT2D eigenvalue weighted by Crippen LogP contribution is -2.64. The van der Waals surface area contributed by atoms with E-state index in [1.807, 2.05) is 0 Å². The third-order valence-electron chi connectivity index (χ3n) is 21.8. The van der Waals surface area contributed by atoms with Gasteiger partial charge < -0.3 is 171 Å². The molecule has 4 fully saturated rings. The van der Waals surface area contributed by atoms with Crippen LogP contribution in [0, 0.1) is 5.92 Å². The fourth-order valence-corrected chi connectivity index (χ4v) is 14.2. The number of unbranched alkanes of at least 4 members (excludes halogenated alkanes) is 15. The molecule has 0 spiro atoms. The van der Waals surface area contributed by atoms with E-state index in [4.69, 9.17) is 76.8 Å². The maximum absolute atomic E-state index is 14.8. The Morgan fingerprint density at radius 3 is 1.04 bits per heavy atom. The second kappa shape index (κ2) is 71.8. The molecule has 9 amide bonds. The summed E-state index contributed by atoms with van der Waals surface area (Å²) in [6.45, 7) is 4.29. The number of nitrogens with two attached hydrogens (primary N) is 1. The summed E-state index contributed by atoms with van der Waals surface area (Å²) < 4.78 is 83.3. The number of carbonyl (C=O) groups excluding carboxylic acids is 9. The van der Waals surface area contributed by atoms with Gasteiger partial charge in [0.2, 0.25) is 53.2 Å². The van der Waals surface area contributed by atoms with Crippen molar-refractivity contribution >= 4 is 53.2 Å². The van der Waals surface area contributed by atoms with Gasteiger partial charge in [-0.15, -0.1) is 0 Å². The first-order valence-electron chi connectivity index (χ1n) is 46.1. The molecule has 0 aromatic rings. The first-order valence-corrected chi connectivity index (χ1v) is 46.1. The molecule has 43 heteroatoms. The third-order valence-corrected chi connectivity index (χ3v) is 21.8. The lowest BCUT2D eigenvalue weighted by molar-refractivity contribution is -0.272. The molecule has 744 valence electrons. The van der Waals surface area contributed by atoms with Gasteiger partial charge in [0.05, 0.1) is 145 Å². The number of rotatable bonds is 78. The molecule has 1 aliphatic carbocycles. The maximum Gasteiger partial charge on any atom is 0.246 e. The molecule has 0 aromatic heterocycles. The molecule has 0 aromatic carbocycles. The standard InChI is InChI=1S/C85H156N10O33/c1-4-5-6-7-8-9-10-11-12-13-14-15-16-29-67(101)87-30-20-17-26-61(80(111)90-51-60-24-23-25-60)94-82(113)63(28-19-22-32-89-69(103)56-121-43-40-115-34-37-118-46-49-124-84-72(91-58(2)99)78(109)75(106)65(53-97)127-84)95-81(112)62(93-70(104)57-122-44-41-116-35-38-119-47-50-125-85-73(92-59(3)100)79(110)76(107)66(54-98)128-85)27-18-21-31-88-68(102)55-120-42-39-114-33-36-117-45-48-123-83-71(86)77(108)74(105)64(52-96)126-83/h60-66,71-79,83-85,96-98,105-110H,4-57,86H2,1-3H3,(H,87,101)(H,88,102)(H,89,103)(H,90,111)(H,91,99)(H,92,100)(H,93,104)(H,94,113)(H,95,112)/t61?,62?,63?,64-,65-,66-,71-,72-,73-,74+,75+,76+,77-,78-,79-,83-,84-,85-/m1/s1. The van der Waals surface area contributed by atoms with Crippen molar-refractivity contribution in [2.24, 2.45) is 11.7 Å². The van der Waals surface area contributed by atoms with E-state index in [1.54, 1.807) is 0 Å². The van der Waals surface area contributed by atoms with Crippen LogP contribution >= 0.6 is 0 Å². The predicted molar refractivity (Wildman–Crippen MR) is 459 cm³/mol. The minimum Gasteiger partial charge on any atom is -0.394 e. The molecular formula is C85H156N10O33. The van der Waals surface area contributed by atoms with Crippen LogP contribution in [-0.4, -0.2) is 394 Å². The van der Waals surface area contributed by atoms with Gasteiger partial charge in [-0.2, -0.15) is 0 Å². The van der Waals surface area contributed by atoms with E-state index < -0.39 is 184 Å². The topological polar surface area (TPSA) is 608 Å². The van der Waals surface area contributed by atoms with E-state index in [1.165, 1.54) is 71.6 Å². The van der Waals surface area contributed by atoms with Crippen molar-refractivity contribution in [3.05, 3.63) is 0 Å². The molecule has 0 bridgehead atoms. The van der Waals surface area contributed by atoms with Crippen LogP contribution in [0.25, 0.3) is 0 Å². The Morgan fingerprint density at radius 1 is 0.352 bits per heavy atom. The van der Waals surface area contributed by atoms with E-state index in [0.717, 1.165) is 44.9 Å². The highest BCUT2D eigenvalue weighted by Gasteiger charge is 2.48. The molecule has 4 aliphatic rings. The monoisotopic (exact) mass is 1850 g/mol. The maximum atomic E-state index is 14.8. The Hall–Kier alpha value is -5.77. The van der Waals surface area contributed by atoms with Crippen molar-refractivity contribution < 1.29 is 160 Å². The first kappa shape index (κ1) is 115. The van der Waals surface area contributed by atoms with E-state index in [0.29, 0.717) is 45.2 Å². The van der Waals surface area contributed by atoms with Crippen LogP contribution in [0.15, 0.2) is 0 Å². The highest BCUT2D eigenvalue weighted by Crippen LogP contribution is 2.27. The fraction of sp³-hybridized carbons (Fsp3) is 0.894. The molecule has 3 saturated heterocycles. The Kier molecular flexibility index (Phi) is 64.3. The van der Waals surface area contributed by atoms with Crippen molar-refractivity contribution in [3.63, 3.8) is 0 Å². The van der Waals surface area contributed by atoms with Crippen LogP contribution in [0.4, 0.5) is 0 Å². The average molecular weight is 1850 g/mol. The summed E-state index contributed by atoms with van der Waals surface area (Å²) in [6.07, 6.45) is 5.88. The molecule has 4 rings (SSSR count). The summed E-state index contributed by atoms with van der Waals surface area (Å²) in [5, 5.41) is 115. The molecule has 1 saturated carbocycles. The van der Waals surface area contributed by atoms with Crippen LogP contribution in [0.2, 0.25) is 0 Å². The number of ether oxygens (including phenoxy) is 15. The van der Waals surface area contributed by atoms with Crippen LogP contribution in [0.1, 0.15) is 188 Å². The zero-order valence-corrected chi connectivity index (χ0v) is 75.6. The second-order valence-electron chi connectivity index (χ2n) is 32.4. The summed E-state index contributed by atoms with van der Waals surface area (Å²) in [5.74, 6) is -4.15. The molecule has 3 aliphatic heterocycles. The van der Waals surface area contributed by atoms with Crippen LogP contribution in [-0.2, 0) is 114 Å². The van der Waals surface area contributed by atoms with Gasteiger partial charge in [0.1, 0.15) is 105 Å². The molecule has 0 radical (unpaired) electrons. The van der Waals surface area contributed by atoms with Gasteiger partial charge in [-0.05, 0) is 83.0 Å². The molecule has 43 nitrogen and oxygen atoms in total. The SMILES string of the molecule is CCCCCCCCCCCCCCCC(=O)NCCCCC(NC(=O)C(CCCCNC(=O)COCCOCCOCCO[C@@H]1O[C@H](CO)[C@H](O)[C@H](O)[C@H]1NC(C)=O)NC(=O)C(CCCCNC(=O)COCCOCCOCCO[C@@H]1O[C@H](CO)[C@H](O)[C@H](O)[C@H]1N)NC(=O)COCCOCCOCCO[C@@H]1O[C@H](CO)[C@H](O)[C@H](O)[C@H]1NC(C)=O)C(=O)NCC1CCC1. The second-order valence-corrected chi connectivity index (χ2v) is 32.4. The van der Waals surface area contributed by atoms with Gasteiger partial charge in [-0.3, -0.25) is 43.2 Å². The van der Waals surface area contributed by atoms with Crippen molar-refractivity contribution in [3.8, 4) is 0 Å². The number of hydrogen-bond donors (Lipinski definition) is 19. The average Bonchev–Trinajstić information content (AvgIpc) is 0.819. The van der Waals surface area contributed by atoms with Crippen molar-refractivity contribution in [1.29, 1.82) is 0 Å². The minimum absolute atomic E-state index is 0.0159. The van der Waals surface area contributed by atoms with Crippen molar-refractivity contribution in [2.45, 2.75) is 298 Å². The lowest BCUT2D eigenvalue weighted by atomic mass is 9.85. The summed E-state index contributed by atoms with van der Waals surface area (Å²) in [5.41, 5.74) is 5.90. The quantitative estimate of drug-likeness (QED) is 0.0263. The van der Waals surface area contributed by atoms with Gasteiger partial charge in [-0.25, -0.2) is 0 Å². The number of carbonyl (C=O) groups is 9. The van der Waals surface area contributed by atoms with Gasteiger partial charge >= 0.3 is 0 Å². The third kappa shape index (κ3) is 50.4. The van der Waals surface area contributed by atoms with Crippen LogP contribution in [0.5, 0.6) is 0 Å². The molecule has 20 N–H and O–H groups in total. The highest BCUT2D eigenvalue weighted by atomic mass is 16.7. The highest BCUT2D eigenvalue weighted by molar-refractivity contribution is 5.94. The molecule has 18 atom stereocenters. The Labute approximate surface area is 752 Å². The first-order chi connectivity index (χ1) is 61.9. The summed E-state index contributed by atoms with van der Waals surface area (Å²) in [4.78, 5) is 120. The molecule has 128 heavy (non-hydrogen) atoms. The van der Waals surface area contributed by atoms with Crippen molar-refractivity contribution in [1.82, 2.24) is 47.9 Å². The number of hydrogen-bond acceptors (Lipinski definition) is 34. The van der Waals surface area contributed by atoms with E-state index in [-0.39, 0.29) is 189 Å². The smallest absolute Gasteiger partial charge is 0.246 e.